The Morgan fingerprint density at radius 1 is 1.33 bits per heavy atom. The molecule has 0 aromatic heterocycles. The van der Waals surface area contributed by atoms with E-state index in [9.17, 15) is 4.79 Å². The van der Waals surface area contributed by atoms with Crippen molar-refractivity contribution in [1.82, 2.24) is 9.80 Å². The Morgan fingerprint density at radius 3 is 2.89 bits per heavy atom. The van der Waals surface area contributed by atoms with Crippen LogP contribution in [0.15, 0.2) is 24.3 Å². The van der Waals surface area contributed by atoms with Gasteiger partial charge in [-0.1, -0.05) is 31.2 Å². The van der Waals surface area contributed by atoms with Crippen molar-refractivity contribution in [3.05, 3.63) is 35.4 Å². The van der Waals surface area contributed by atoms with Crippen LogP contribution >= 0.6 is 0 Å². The number of rotatable bonds is 8. The van der Waals surface area contributed by atoms with Crippen LogP contribution in [0.2, 0.25) is 0 Å². The second-order valence-corrected chi connectivity index (χ2v) is 8.33. The highest BCUT2D eigenvalue weighted by molar-refractivity contribution is 5.81. The zero-order chi connectivity index (χ0) is 18.9. The molecule has 1 spiro atoms. The van der Waals surface area contributed by atoms with Crippen LogP contribution in [-0.2, 0) is 26.4 Å². The topological polar surface area (TPSA) is 42.0 Å². The van der Waals surface area contributed by atoms with Crippen LogP contribution in [-0.4, -0.2) is 61.8 Å². The largest absolute Gasteiger partial charge is 0.383 e. The van der Waals surface area contributed by atoms with Crippen molar-refractivity contribution >= 4 is 5.91 Å². The Kier molecular flexibility index (Phi) is 5.53. The van der Waals surface area contributed by atoms with Gasteiger partial charge >= 0.3 is 0 Å². The van der Waals surface area contributed by atoms with Gasteiger partial charge in [0.15, 0.2) is 0 Å². The zero-order valence-corrected chi connectivity index (χ0v) is 16.7. The highest BCUT2D eigenvalue weighted by Gasteiger charge is 2.53. The van der Waals surface area contributed by atoms with Crippen LogP contribution in [0.25, 0.3) is 0 Å². The lowest BCUT2D eigenvalue weighted by Crippen LogP contribution is -2.45. The minimum absolute atomic E-state index is 0.126. The number of carbonyl (C=O) groups excluding carboxylic acids is 1. The van der Waals surface area contributed by atoms with Crippen LogP contribution < -0.4 is 0 Å². The quantitative estimate of drug-likeness (QED) is 0.704. The zero-order valence-electron chi connectivity index (χ0n) is 16.7. The summed E-state index contributed by atoms with van der Waals surface area (Å²) in [6.45, 7) is 6.81. The Hall–Kier alpha value is -1.43. The minimum Gasteiger partial charge on any atom is -0.383 e. The van der Waals surface area contributed by atoms with Crippen molar-refractivity contribution in [2.45, 2.75) is 50.8 Å². The molecule has 4 rings (SSSR count). The molecule has 0 unspecified atom stereocenters. The predicted molar refractivity (Wildman–Crippen MR) is 104 cm³/mol. The molecule has 2 heterocycles. The Labute approximate surface area is 162 Å². The molecule has 2 atom stereocenters. The maximum atomic E-state index is 13.2. The van der Waals surface area contributed by atoms with E-state index < -0.39 is 0 Å². The van der Waals surface area contributed by atoms with Gasteiger partial charge in [-0.25, -0.2) is 0 Å². The van der Waals surface area contributed by atoms with Crippen LogP contribution in [0.5, 0.6) is 0 Å². The van der Waals surface area contributed by atoms with Gasteiger partial charge in [-0.15, -0.1) is 0 Å². The summed E-state index contributed by atoms with van der Waals surface area (Å²) in [6.07, 6.45) is 4.05. The molecule has 3 aliphatic rings. The fourth-order valence-corrected chi connectivity index (χ4v) is 4.73. The number of fused-ring (bicyclic) bond motifs is 2. The third-order valence-electron chi connectivity index (χ3n) is 6.35. The minimum atomic E-state index is -0.346. The normalized spacial score (nSPS) is 27.3. The van der Waals surface area contributed by atoms with Gasteiger partial charge in [-0.2, -0.15) is 0 Å². The van der Waals surface area contributed by atoms with E-state index in [-0.39, 0.29) is 17.6 Å². The molecule has 1 amide bonds. The average molecular weight is 373 g/mol. The van der Waals surface area contributed by atoms with Crippen molar-refractivity contribution in [3.8, 4) is 0 Å². The third kappa shape index (κ3) is 3.65. The fraction of sp³-hybridized carbons (Fsp3) is 0.682. The molecular formula is C22H32N2O3. The summed E-state index contributed by atoms with van der Waals surface area (Å²) in [4.78, 5) is 17.7. The summed E-state index contributed by atoms with van der Waals surface area (Å²) in [5.74, 6) is 0.950. The van der Waals surface area contributed by atoms with E-state index in [0.29, 0.717) is 19.8 Å². The molecule has 1 aliphatic carbocycles. The van der Waals surface area contributed by atoms with Gasteiger partial charge in [0.05, 0.1) is 18.8 Å². The molecule has 27 heavy (non-hydrogen) atoms. The second kappa shape index (κ2) is 7.90. The first-order chi connectivity index (χ1) is 13.2. The van der Waals surface area contributed by atoms with E-state index in [0.717, 1.165) is 38.4 Å². The molecule has 1 aromatic rings. The summed E-state index contributed by atoms with van der Waals surface area (Å²) >= 11 is 0. The van der Waals surface area contributed by atoms with Crippen LogP contribution in [0.1, 0.15) is 43.7 Å². The van der Waals surface area contributed by atoms with Crippen molar-refractivity contribution in [2.24, 2.45) is 5.92 Å². The summed E-state index contributed by atoms with van der Waals surface area (Å²) in [5.41, 5.74) is 2.65. The number of hydrogen-bond acceptors (Lipinski definition) is 4. The standard InChI is InChI=1S/C22H32N2O3/c1-3-10-23(11-12-26-2)21(25)20-13-22(16-27-20)19-7-5-4-6-18(19)15-24(22)14-17-8-9-17/h4-7,17,20H,3,8-16H2,1-2H3/t20-,22+/m1/s1. The molecule has 148 valence electrons. The van der Waals surface area contributed by atoms with E-state index in [1.807, 2.05) is 4.90 Å². The second-order valence-electron chi connectivity index (χ2n) is 8.33. The molecule has 1 saturated heterocycles. The lowest BCUT2D eigenvalue weighted by Gasteiger charge is -2.35. The average Bonchev–Trinajstić information content (AvgIpc) is 3.31. The summed E-state index contributed by atoms with van der Waals surface area (Å²) in [7, 11) is 1.68. The Morgan fingerprint density at radius 2 is 2.15 bits per heavy atom. The summed E-state index contributed by atoms with van der Waals surface area (Å²) < 4.78 is 11.4. The third-order valence-corrected chi connectivity index (χ3v) is 6.35. The fourth-order valence-electron chi connectivity index (χ4n) is 4.73. The predicted octanol–water partition coefficient (Wildman–Crippen LogP) is 2.78. The van der Waals surface area contributed by atoms with Gasteiger partial charge in [0.1, 0.15) is 6.10 Å². The van der Waals surface area contributed by atoms with Crippen LogP contribution in [0, 0.1) is 5.92 Å². The summed E-state index contributed by atoms with van der Waals surface area (Å²) in [6, 6.07) is 8.73. The highest BCUT2D eigenvalue weighted by atomic mass is 16.5. The molecule has 1 saturated carbocycles. The number of amides is 1. The van der Waals surface area contributed by atoms with Gasteiger partial charge in [0, 0.05) is 39.7 Å². The molecule has 5 nitrogen and oxygen atoms in total. The number of benzene rings is 1. The lowest BCUT2D eigenvalue weighted by atomic mass is 9.86. The maximum absolute atomic E-state index is 13.2. The van der Waals surface area contributed by atoms with E-state index >= 15 is 0 Å². The molecule has 0 bridgehead atoms. The molecule has 0 N–H and O–H groups in total. The number of carbonyl (C=O) groups is 1. The monoisotopic (exact) mass is 372 g/mol. The Balaban J connectivity index is 1.53. The van der Waals surface area contributed by atoms with Gasteiger partial charge in [-0.3, -0.25) is 9.69 Å². The maximum Gasteiger partial charge on any atom is 0.251 e. The molecule has 0 radical (unpaired) electrons. The van der Waals surface area contributed by atoms with Crippen LogP contribution in [0.4, 0.5) is 0 Å². The molecular weight excluding hydrogens is 340 g/mol. The van der Waals surface area contributed by atoms with Crippen molar-refractivity contribution in [3.63, 3.8) is 0 Å². The molecule has 2 aliphatic heterocycles. The van der Waals surface area contributed by atoms with E-state index in [2.05, 4.69) is 36.1 Å². The van der Waals surface area contributed by atoms with E-state index in [4.69, 9.17) is 9.47 Å². The lowest BCUT2D eigenvalue weighted by molar-refractivity contribution is -0.141. The highest BCUT2D eigenvalue weighted by Crippen LogP contribution is 2.48. The van der Waals surface area contributed by atoms with Crippen LogP contribution in [0.3, 0.4) is 0 Å². The number of ether oxygens (including phenoxy) is 2. The van der Waals surface area contributed by atoms with Crippen molar-refractivity contribution in [1.29, 1.82) is 0 Å². The van der Waals surface area contributed by atoms with Gasteiger partial charge in [0.25, 0.3) is 5.91 Å². The number of nitrogens with zero attached hydrogens (tertiary/aromatic N) is 2. The van der Waals surface area contributed by atoms with Gasteiger partial charge in [0.2, 0.25) is 0 Å². The number of hydrogen-bond donors (Lipinski definition) is 0. The van der Waals surface area contributed by atoms with Crippen molar-refractivity contribution < 1.29 is 14.3 Å². The SMILES string of the molecule is CCCN(CCOC)C(=O)[C@H]1C[C@]2(CO1)c1ccccc1CN2CC1CC1. The van der Waals surface area contributed by atoms with E-state index in [1.54, 1.807) is 7.11 Å². The molecule has 2 fully saturated rings. The Bertz CT molecular complexity index is 675. The van der Waals surface area contributed by atoms with Gasteiger partial charge in [-0.05, 0) is 36.3 Å². The first-order valence-electron chi connectivity index (χ1n) is 10.4. The van der Waals surface area contributed by atoms with Gasteiger partial charge < -0.3 is 14.4 Å². The first kappa shape index (κ1) is 18.9. The number of methoxy groups -OCH3 is 1. The molecule has 1 aromatic carbocycles. The summed E-state index contributed by atoms with van der Waals surface area (Å²) in [5, 5.41) is 0. The smallest absolute Gasteiger partial charge is 0.251 e. The van der Waals surface area contributed by atoms with E-state index in [1.165, 1.54) is 24.0 Å². The first-order valence-corrected chi connectivity index (χ1v) is 10.4. The molecule has 5 heteroatoms. The van der Waals surface area contributed by atoms with Crippen molar-refractivity contribution in [2.75, 3.05) is 40.0 Å².